The first-order chi connectivity index (χ1) is 19.9. The molecule has 41 heavy (non-hydrogen) atoms. The molecule has 1 aromatic heterocycles. The van der Waals surface area contributed by atoms with E-state index >= 15 is 0 Å². The number of anilines is 2. The Balaban J connectivity index is 1.45. The van der Waals surface area contributed by atoms with Crippen LogP contribution in [0, 0.1) is 11.3 Å². The van der Waals surface area contributed by atoms with Crippen molar-refractivity contribution in [3.05, 3.63) is 75.7 Å². The standard InChI is InChI=1S/C28H25ClN6O4S2/c1-38-21-11-10-15(12-22(21)39-2)24-16(13-30)26(31)35(19-8-5-9-20(36)25(19)24)27-33-34-28(41-27)40-14-23(37)32-18-7-4-3-6-17(18)29/h3-4,6-7,10-12,24H,5,8-9,14,31H2,1-2H3,(H,32,37). The highest BCUT2D eigenvalue weighted by Gasteiger charge is 2.41. The first-order valence-electron chi connectivity index (χ1n) is 12.5. The number of hydrogen-bond donors (Lipinski definition) is 2. The number of benzene rings is 2. The van der Waals surface area contributed by atoms with Crippen molar-refractivity contribution < 1.29 is 19.1 Å². The van der Waals surface area contributed by atoms with Crippen molar-refractivity contribution >= 4 is 57.2 Å². The molecule has 0 radical (unpaired) electrons. The van der Waals surface area contributed by atoms with E-state index in [-0.39, 0.29) is 28.8 Å². The first-order valence-corrected chi connectivity index (χ1v) is 14.7. The van der Waals surface area contributed by atoms with Crippen LogP contribution in [0.1, 0.15) is 30.7 Å². The monoisotopic (exact) mass is 608 g/mol. The number of amides is 1. The van der Waals surface area contributed by atoms with Crippen LogP contribution in [0.4, 0.5) is 10.8 Å². The van der Waals surface area contributed by atoms with E-state index in [2.05, 4.69) is 21.6 Å². The number of nitrogens with two attached hydrogens (primary N) is 1. The molecule has 5 rings (SSSR count). The Morgan fingerprint density at radius 1 is 1.22 bits per heavy atom. The molecule has 0 saturated carbocycles. The number of allylic oxidation sites excluding steroid dienone is 3. The molecule has 0 saturated heterocycles. The minimum Gasteiger partial charge on any atom is -0.493 e. The van der Waals surface area contributed by atoms with Gasteiger partial charge in [-0.25, -0.2) is 0 Å². The van der Waals surface area contributed by atoms with Crippen molar-refractivity contribution in [3.63, 3.8) is 0 Å². The summed E-state index contributed by atoms with van der Waals surface area (Å²) in [6.07, 6.45) is 1.59. The van der Waals surface area contributed by atoms with Gasteiger partial charge in [0, 0.05) is 17.7 Å². The molecule has 0 bridgehead atoms. The maximum Gasteiger partial charge on any atom is 0.234 e. The number of carbonyl (C=O) groups is 2. The molecule has 3 N–H and O–H groups in total. The third kappa shape index (κ3) is 5.61. The Labute approximate surface area is 249 Å². The van der Waals surface area contributed by atoms with Gasteiger partial charge in [0.2, 0.25) is 11.0 Å². The summed E-state index contributed by atoms with van der Waals surface area (Å²) in [5, 5.41) is 22.4. The normalized spacial score (nSPS) is 16.8. The summed E-state index contributed by atoms with van der Waals surface area (Å²) < 4.78 is 11.4. The van der Waals surface area contributed by atoms with Crippen LogP contribution >= 0.6 is 34.7 Å². The molecule has 13 heteroatoms. The predicted octanol–water partition coefficient (Wildman–Crippen LogP) is 5.24. The molecule has 1 unspecified atom stereocenters. The summed E-state index contributed by atoms with van der Waals surface area (Å²) in [6.45, 7) is 0. The summed E-state index contributed by atoms with van der Waals surface area (Å²) in [4.78, 5) is 27.5. The number of methoxy groups -OCH3 is 2. The second-order valence-corrected chi connectivity index (χ2v) is 11.7. The largest absolute Gasteiger partial charge is 0.493 e. The van der Waals surface area contributed by atoms with Crippen LogP contribution in [-0.4, -0.2) is 41.9 Å². The van der Waals surface area contributed by atoms with Crippen molar-refractivity contribution in [3.8, 4) is 17.6 Å². The van der Waals surface area contributed by atoms with Gasteiger partial charge in [0.15, 0.2) is 21.6 Å². The Kier molecular flexibility index (Phi) is 8.49. The molecule has 0 spiro atoms. The molecular formula is C28H25ClN6O4S2. The first kappa shape index (κ1) is 28.5. The van der Waals surface area contributed by atoms with E-state index in [0.717, 1.165) is 0 Å². The number of halogens is 1. The molecule has 3 aromatic rings. The summed E-state index contributed by atoms with van der Waals surface area (Å²) in [5.41, 5.74) is 9.30. The second kappa shape index (κ2) is 12.2. The number of thioether (sulfide) groups is 1. The Bertz CT molecular complexity index is 1630. The van der Waals surface area contributed by atoms with Crippen molar-refractivity contribution in [2.45, 2.75) is 29.5 Å². The number of nitrogens with zero attached hydrogens (tertiary/aromatic N) is 4. The zero-order chi connectivity index (χ0) is 29.1. The third-order valence-electron chi connectivity index (χ3n) is 6.72. The van der Waals surface area contributed by atoms with Crippen LogP contribution in [0.3, 0.4) is 0 Å². The number of carbonyl (C=O) groups excluding carboxylic acids is 2. The van der Waals surface area contributed by atoms with Gasteiger partial charge in [0.25, 0.3) is 0 Å². The minimum absolute atomic E-state index is 0.0494. The molecule has 1 aliphatic carbocycles. The smallest absolute Gasteiger partial charge is 0.234 e. The van der Waals surface area contributed by atoms with Gasteiger partial charge in [-0.3, -0.25) is 14.5 Å². The van der Waals surface area contributed by atoms with Crippen LogP contribution < -0.4 is 25.4 Å². The Morgan fingerprint density at radius 3 is 2.73 bits per heavy atom. The van der Waals surface area contributed by atoms with Crippen LogP contribution in [0.25, 0.3) is 0 Å². The number of hydrogen-bond acceptors (Lipinski definition) is 11. The van der Waals surface area contributed by atoms with E-state index < -0.39 is 5.92 Å². The van der Waals surface area contributed by atoms with Crippen LogP contribution in [0.5, 0.6) is 11.5 Å². The molecule has 2 aromatic carbocycles. The number of rotatable bonds is 8. The van der Waals surface area contributed by atoms with E-state index in [1.165, 1.54) is 30.2 Å². The van der Waals surface area contributed by atoms with Crippen LogP contribution in [0.2, 0.25) is 5.02 Å². The van der Waals surface area contributed by atoms with Gasteiger partial charge < -0.3 is 20.5 Å². The fourth-order valence-electron chi connectivity index (χ4n) is 4.90. The van der Waals surface area contributed by atoms with Crippen molar-refractivity contribution in [1.82, 2.24) is 10.2 Å². The lowest BCUT2D eigenvalue weighted by molar-refractivity contribution is -0.116. The highest BCUT2D eigenvalue weighted by atomic mass is 35.5. The second-order valence-electron chi connectivity index (χ2n) is 9.10. The van der Waals surface area contributed by atoms with Gasteiger partial charge in [-0.1, -0.05) is 52.9 Å². The lowest BCUT2D eigenvalue weighted by Gasteiger charge is -2.38. The molecule has 2 heterocycles. The molecule has 210 valence electrons. The topological polar surface area (TPSA) is 143 Å². The molecule has 2 aliphatic rings. The molecular weight excluding hydrogens is 584 g/mol. The maximum atomic E-state index is 13.4. The summed E-state index contributed by atoms with van der Waals surface area (Å²) >= 11 is 8.57. The predicted molar refractivity (Wildman–Crippen MR) is 158 cm³/mol. The lowest BCUT2D eigenvalue weighted by atomic mass is 9.75. The average Bonchev–Trinajstić information content (AvgIpc) is 3.45. The van der Waals surface area contributed by atoms with Gasteiger partial charge in [-0.15, -0.1) is 10.2 Å². The van der Waals surface area contributed by atoms with Gasteiger partial charge in [-0.05, 0) is 42.7 Å². The van der Waals surface area contributed by atoms with E-state index in [1.54, 1.807) is 48.4 Å². The van der Waals surface area contributed by atoms with Gasteiger partial charge in [0.05, 0.1) is 48.2 Å². The van der Waals surface area contributed by atoms with Gasteiger partial charge in [-0.2, -0.15) is 5.26 Å². The van der Waals surface area contributed by atoms with Gasteiger partial charge >= 0.3 is 0 Å². The number of para-hydroxylation sites is 1. The van der Waals surface area contributed by atoms with Crippen molar-refractivity contribution in [1.29, 1.82) is 5.26 Å². The number of ketones is 1. The molecule has 1 aliphatic heterocycles. The van der Waals surface area contributed by atoms with Crippen LogP contribution in [-0.2, 0) is 9.59 Å². The Morgan fingerprint density at radius 2 is 2.00 bits per heavy atom. The lowest BCUT2D eigenvalue weighted by Crippen LogP contribution is -2.38. The van der Waals surface area contributed by atoms with E-state index in [0.29, 0.717) is 67.8 Å². The highest BCUT2D eigenvalue weighted by Crippen LogP contribution is 2.48. The number of aromatic nitrogens is 2. The van der Waals surface area contributed by atoms with Crippen LogP contribution in [0.15, 0.2) is 69.5 Å². The summed E-state index contributed by atoms with van der Waals surface area (Å²) in [7, 11) is 3.07. The SMILES string of the molecule is COc1ccc(C2C(C#N)=C(N)N(c3nnc(SCC(=O)Nc4ccccc4Cl)s3)C3=C2C(=O)CCC3)cc1OC. The maximum absolute atomic E-state index is 13.4. The molecule has 1 atom stereocenters. The van der Waals surface area contributed by atoms with Crippen molar-refractivity contribution in [2.24, 2.45) is 5.73 Å². The zero-order valence-corrected chi connectivity index (χ0v) is 24.5. The number of ether oxygens (including phenoxy) is 2. The summed E-state index contributed by atoms with van der Waals surface area (Å²) in [5.74, 6) is 0.337. The fourth-order valence-corrected chi connectivity index (χ4v) is 6.76. The van der Waals surface area contributed by atoms with E-state index in [1.807, 2.05) is 6.07 Å². The average molecular weight is 609 g/mol. The molecule has 1 amide bonds. The van der Waals surface area contributed by atoms with E-state index in [4.69, 9.17) is 26.8 Å². The van der Waals surface area contributed by atoms with E-state index in [9.17, 15) is 14.9 Å². The third-order valence-corrected chi connectivity index (χ3v) is 9.09. The van der Waals surface area contributed by atoms with Gasteiger partial charge in [0.1, 0.15) is 5.82 Å². The Hall–Kier alpha value is -4.05. The quantitative estimate of drug-likeness (QED) is 0.326. The van der Waals surface area contributed by atoms with Crippen molar-refractivity contribution in [2.75, 3.05) is 30.2 Å². The number of nitrogens with one attached hydrogen (secondary N) is 1. The minimum atomic E-state index is -0.658. The summed E-state index contributed by atoms with van der Waals surface area (Å²) in [6, 6.07) is 14.5. The number of Topliss-reactive ketones (excluding diaryl/α,β-unsaturated/α-hetero) is 1. The molecule has 0 fully saturated rings. The molecule has 10 nitrogen and oxygen atoms in total. The zero-order valence-electron chi connectivity index (χ0n) is 22.1. The highest BCUT2D eigenvalue weighted by molar-refractivity contribution is 8.01. The fraction of sp³-hybridized carbons (Fsp3) is 0.250. The number of nitriles is 1.